The Hall–Kier alpha value is -1.75. The lowest BCUT2D eigenvalue weighted by Gasteiger charge is -2.21. The van der Waals surface area contributed by atoms with Crippen LogP contribution in [0.2, 0.25) is 0 Å². The van der Waals surface area contributed by atoms with Crippen LogP contribution in [0.3, 0.4) is 0 Å². The molecule has 0 aliphatic carbocycles. The molecule has 5 N–H and O–H groups in total. The van der Waals surface area contributed by atoms with Crippen LogP contribution < -0.4 is 16.4 Å². The first kappa shape index (κ1) is 12.7. The van der Waals surface area contributed by atoms with E-state index in [0.29, 0.717) is 17.2 Å². The van der Waals surface area contributed by atoms with E-state index >= 15 is 0 Å². The molecule has 0 radical (unpaired) electrons. The average Bonchev–Trinajstić information content (AvgIpc) is 2.78. The fourth-order valence-corrected chi connectivity index (χ4v) is 2.44. The molecule has 2 rings (SSSR count). The number of aliphatic hydroxyl groups excluding tert-OH is 1. The Morgan fingerprint density at radius 3 is 2.94 bits per heavy atom. The number of rotatable bonds is 4. The number of nitrogens with two attached hydrogens (primary N) is 2. The van der Waals surface area contributed by atoms with Gasteiger partial charge in [0.1, 0.15) is 0 Å². The maximum absolute atomic E-state index is 11.2. The van der Waals surface area contributed by atoms with Gasteiger partial charge in [-0.15, -0.1) is 0 Å². The van der Waals surface area contributed by atoms with Crippen LogP contribution in [-0.2, 0) is 0 Å². The largest absolute Gasteiger partial charge is 0.397 e. The lowest BCUT2D eigenvalue weighted by molar-refractivity contribution is 0.100. The quantitative estimate of drug-likeness (QED) is 0.680. The maximum atomic E-state index is 11.2. The van der Waals surface area contributed by atoms with Gasteiger partial charge in [-0.3, -0.25) is 4.79 Å². The molecule has 1 saturated heterocycles. The number of carbonyl (C=O) groups is 1. The fourth-order valence-electron chi connectivity index (χ4n) is 2.44. The molecule has 1 unspecified atom stereocenters. The predicted molar refractivity (Wildman–Crippen MR) is 71.4 cm³/mol. The van der Waals surface area contributed by atoms with E-state index in [1.54, 1.807) is 18.2 Å². The Morgan fingerprint density at radius 2 is 2.28 bits per heavy atom. The highest BCUT2D eigenvalue weighted by atomic mass is 16.3. The highest BCUT2D eigenvalue weighted by molar-refractivity contribution is 5.95. The smallest absolute Gasteiger partial charge is 0.248 e. The van der Waals surface area contributed by atoms with Crippen molar-refractivity contribution in [1.29, 1.82) is 0 Å². The van der Waals surface area contributed by atoms with E-state index in [2.05, 4.69) is 4.90 Å². The molecule has 1 aliphatic heterocycles. The molecule has 0 bridgehead atoms. The Bertz CT molecular complexity index is 448. The minimum Gasteiger partial charge on any atom is -0.397 e. The van der Waals surface area contributed by atoms with Crippen LogP contribution in [0.25, 0.3) is 0 Å². The number of carbonyl (C=O) groups excluding carboxylic acids is 1. The molecule has 0 saturated carbocycles. The molecule has 0 aromatic heterocycles. The van der Waals surface area contributed by atoms with Gasteiger partial charge >= 0.3 is 0 Å². The summed E-state index contributed by atoms with van der Waals surface area (Å²) in [6, 6.07) is 5.11. The summed E-state index contributed by atoms with van der Waals surface area (Å²) in [5.41, 5.74) is 13.2. The molecule has 18 heavy (non-hydrogen) atoms. The number of anilines is 2. The Morgan fingerprint density at radius 1 is 1.50 bits per heavy atom. The van der Waals surface area contributed by atoms with Crippen molar-refractivity contribution in [1.82, 2.24) is 0 Å². The lowest BCUT2D eigenvalue weighted by Crippen LogP contribution is -2.22. The van der Waals surface area contributed by atoms with E-state index < -0.39 is 5.91 Å². The predicted octanol–water partition coefficient (Wildman–Crippen LogP) is 0.576. The van der Waals surface area contributed by atoms with E-state index in [-0.39, 0.29) is 6.61 Å². The van der Waals surface area contributed by atoms with Gasteiger partial charge in [0.15, 0.2) is 0 Å². The van der Waals surface area contributed by atoms with Crippen molar-refractivity contribution in [2.45, 2.75) is 12.8 Å². The maximum Gasteiger partial charge on any atom is 0.248 e. The second-order valence-corrected chi connectivity index (χ2v) is 4.75. The van der Waals surface area contributed by atoms with Crippen LogP contribution in [0.4, 0.5) is 11.4 Å². The van der Waals surface area contributed by atoms with Crippen LogP contribution in [0.5, 0.6) is 0 Å². The third-order valence-corrected chi connectivity index (χ3v) is 3.48. The van der Waals surface area contributed by atoms with Gasteiger partial charge in [-0.1, -0.05) is 0 Å². The van der Waals surface area contributed by atoms with Crippen LogP contribution in [0.1, 0.15) is 23.2 Å². The van der Waals surface area contributed by atoms with Gasteiger partial charge < -0.3 is 21.5 Å². The molecular weight excluding hydrogens is 230 g/mol. The average molecular weight is 249 g/mol. The van der Waals surface area contributed by atoms with Crippen LogP contribution >= 0.6 is 0 Å². The summed E-state index contributed by atoms with van der Waals surface area (Å²) in [5, 5.41) is 8.95. The van der Waals surface area contributed by atoms with Crippen molar-refractivity contribution in [3.05, 3.63) is 23.8 Å². The molecule has 98 valence electrons. The highest BCUT2D eigenvalue weighted by Crippen LogP contribution is 2.30. The number of nitrogen functional groups attached to an aromatic ring is 1. The van der Waals surface area contributed by atoms with Gasteiger partial charge in [-0.2, -0.15) is 0 Å². The van der Waals surface area contributed by atoms with E-state index in [9.17, 15) is 4.79 Å². The molecule has 5 nitrogen and oxygen atoms in total. The first-order valence-electron chi connectivity index (χ1n) is 6.17. The molecule has 1 amide bonds. The summed E-state index contributed by atoms with van der Waals surface area (Å²) in [6.45, 7) is 1.99. The minimum absolute atomic E-state index is 0.218. The van der Waals surface area contributed by atoms with Gasteiger partial charge in [-0.25, -0.2) is 0 Å². The van der Waals surface area contributed by atoms with Gasteiger partial charge in [0, 0.05) is 25.3 Å². The molecule has 1 atom stereocenters. The SMILES string of the molecule is NC(=O)c1ccc(N)c(N2CCC(CCO)C2)c1. The summed E-state index contributed by atoms with van der Waals surface area (Å²) in [4.78, 5) is 13.3. The second-order valence-electron chi connectivity index (χ2n) is 4.75. The van der Waals surface area contributed by atoms with E-state index in [1.165, 1.54) is 0 Å². The molecule has 1 fully saturated rings. The first-order valence-corrected chi connectivity index (χ1v) is 6.17. The summed E-state index contributed by atoms with van der Waals surface area (Å²) in [6.07, 6.45) is 1.85. The number of hydrogen-bond acceptors (Lipinski definition) is 4. The topological polar surface area (TPSA) is 92.6 Å². The summed E-state index contributed by atoms with van der Waals surface area (Å²) in [7, 11) is 0. The monoisotopic (exact) mass is 249 g/mol. The van der Waals surface area contributed by atoms with Crippen molar-refractivity contribution >= 4 is 17.3 Å². The number of nitrogens with zero attached hydrogens (tertiary/aromatic N) is 1. The summed E-state index contributed by atoms with van der Waals surface area (Å²) in [5.74, 6) is 0.0500. The van der Waals surface area contributed by atoms with E-state index in [4.69, 9.17) is 16.6 Å². The Kier molecular flexibility index (Phi) is 3.72. The van der Waals surface area contributed by atoms with Crippen molar-refractivity contribution in [2.24, 2.45) is 11.7 Å². The van der Waals surface area contributed by atoms with Crippen molar-refractivity contribution in [2.75, 3.05) is 30.3 Å². The zero-order valence-corrected chi connectivity index (χ0v) is 10.3. The second kappa shape index (κ2) is 5.27. The summed E-state index contributed by atoms with van der Waals surface area (Å²) < 4.78 is 0. The number of primary amides is 1. The zero-order chi connectivity index (χ0) is 13.1. The van der Waals surface area contributed by atoms with Gasteiger partial charge in [0.05, 0.1) is 11.4 Å². The fraction of sp³-hybridized carbons (Fsp3) is 0.462. The molecule has 1 aromatic rings. The molecule has 0 spiro atoms. The Balaban J connectivity index is 2.18. The van der Waals surface area contributed by atoms with Crippen molar-refractivity contribution in [3.8, 4) is 0 Å². The van der Waals surface area contributed by atoms with Gasteiger partial charge in [-0.05, 0) is 37.0 Å². The van der Waals surface area contributed by atoms with Gasteiger partial charge in [0.2, 0.25) is 5.91 Å². The third-order valence-electron chi connectivity index (χ3n) is 3.48. The molecule has 5 heteroatoms. The number of benzene rings is 1. The number of hydrogen-bond donors (Lipinski definition) is 3. The Labute approximate surface area is 106 Å². The zero-order valence-electron chi connectivity index (χ0n) is 10.3. The highest BCUT2D eigenvalue weighted by Gasteiger charge is 2.23. The lowest BCUT2D eigenvalue weighted by atomic mass is 10.1. The first-order chi connectivity index (χ1) is 8.61. The minimum atomic E-state index is -0.442. The summed E-state index contributed by atoms with van der Waals surface area (Å²) >= 11 is 0. The molecule has 1 heterocycles. The van der Waals surface area contributed by atoms with E-state index in [1.807, 2.05) is 0 Å². The standard InChI is InChI=1S/C13H19N3O2/c14-11-2-1-10(13(15)18)7-12(11)16-5-3-9(8-16)4-6-17/h1-2,7,9,17H,3-6,8,14H2,(H2,15,18). The van der Waals surface area contributed by atoms with Crippen LogP contribution in [-0.4, -0.2) is 30.7 Å². The van der Waals surface area contributed by atoms with Crippen LogP contribution in [0.15, 0.2) is 18.2 Å². The van der Waals surface area contributed by atoms with E-state index in [0.717, 1.165) is 31.6 Å². The normalized spacial score (nSPS) is 19.2. The number of amides is 1. The van der Waals surface area contributed by atoms with Crippen LogP contribution in [0, 0.1) is 5.92 Å². The number of aliphatic hydroxyl groups is 1. The molecule has 1 aliphatic rings. The molecule has 1 aromatic carbocycles. The third kappa shape index (κ3) is 2.56. The molecular formula is C13H19N3O2. The van der Waals surface area contributed by atoms with Crippen molar-refractivity contribution < 1.29 is 9.90 Å². The van der Waals surface area contributed by atoms with Gasteiger partial charge in [0.25, 0.3) is 0 Å². The van der Waals surface area contributed by atoms with Crippen molar-refractivity contribution in [3.63, 3.8) is 0 Å².